The van der Waals surface area contributed by atoms with Gasteiger partial charge >= 0.3 is 6.03 Å². The highest BCUT2D eigenvalue weighted by atomic mass is 16.5. The second-order valence-corrected chi connectivity index (χ2v) is 12.2. The first-order chi connectivity index (χ1) is 20.2. The number of rotatable bonds is 9. The van der Waals surface area contributed by atoms with Crippen LogP contribution in [0.3, 0.4) is 0 Å². The molecule has 8 nitrogen and oxygen atoms in total. The molecule has 1 saturated heterocycles. The minimum absolute atomic E-state index is 0.150. The van der Waals surface area contributed by atoms with E-state index in [-0.39, 0.29) is 17.6 Å². The Kier molecular flexibility index (Phi) is 9.26. The predicted octanol–water partition coefficient (Wildman–Crippen LogP) is 6.56. The van der Waals surface area contributed by atoms with Crippen LogP contribution in [-0.4, -0.2) is 66.8 Å². The average Bonchev–Trinajstić information content (AvgIpc) is 3.39. The lowest BCUT2D eigenvalue weighted by Crippen LogP contribution is -2.44. The van der Waals surface area contributed by atoms with Gasteiger partial charge in [0.1, 0.15) is 5.82 Å². The van der Waals surface area contributed by atoms with Gasteiger partial charge in [-0.1, -0.05) is 68.8 Å². The highest BCUT2D eigenvalue weighted by Crippen LogP contribution is 2.29. The molecular formula is C34H43N5O3. The summed E-state index contributed by atoms with van der Waals surface area (Å²) in [5.41, 5.74) is 4.86. The summed E-state index contributed by atoms with van der Waals surface area (Å²) >= 11 is 0. The van der Waals surface area contributed by atoms with E-state index in [0.717, 1.165) is 66.9 Å². The lowest BCUT2D eigenvalue weighted by molar-refractivity contribution is -0.0609. The normalized spacial score (nSPS) is 16.1. The lowest BCUT2D eigenvalue weighted by Gasteiger charge is -2.32. The van der Waals surface area contributed by atoms with Crippen molar-refractivity contribution in [1.82, 2.24) is 14.7 Å². The van der Waals surface area contributed by atoms with Crippen LogP contribution in [0.2, 0.25) is 0 Å². The first-order valence-electron chi connectivity index (χ1n) is 14.8. The third-order valence-corrected chi connectivity index (χ3v) is 7.76. The van der Waals surface area contributed by atoms with E-state index in [1.807, 2.05) is 42.5 Å². The fourth-order valence-corrected chi connectivity index (χ4v) is 5.44. The predicted molar refractivity (Wildman–Crippen MR) is 170 cm³/mol. The molecule has 1 aliphatic rings. The Morgan fingerprint density at radius 3 is 2.55 bits per heavy atom. The molecule has 0 bridgehead atoms. The quantitative estimate of drug-likeness (QED) is 0.239. The third kappa shape index (κ3) is 7.18. The molecule has 4 aromatic rings. The van der Waals surface area contributed by atoms with Crippen molar-refractivity contribution in [3.8, 4) is 5.69 Å². The van der Waals surface area contributed by atoms with Crippen LogP contribution in [0.4, 0.5) is 16.3 Å². The molecule has 5 rings (SSSR count). The Morgan fingerprint density at radius 2 is 1.81 bits per heavy atom. The Bertz CT molecular complexity index is 1500. The van der Waals surface area contributed by atoms with E-state index in [9.17, 15) is 4.79 Å². The van der Waals surface area contributed by atoms with Gasteiger partial charge in [0.2, 0.25) is 0 Å². The number of benzene rings is 3. The van der Waals surface area contributed by atoms with Crippen LogP contribution in [-0.2, 0) is 21.3 Å². The number of aryl methyl sites for hydroxylation is 2. The Balaban J connectivity index is 1.29. The van der Waals surface area contributed by atoms with Crippen molar-refractivity contribution in [1.29, 1.82) is 0 Å². The minimum Gasteiger partial charge on any atom is -0.382 e. The molecule has 42 heavy (non-hydrogen) atoms. The summed E-state index contributed by atoms with van der Waals surface area (Å²) in [6.07, 6.45) is 2.16. The van der Waals surface area contributed by atoms with E-state index in [0.29, 0.717) is 12.4 Å². The molecule has 1 unspecified atom stereocenters. The highest BCUT2D eigenvalue weighted by Gasteiger charge is 2.22. The van der Waals surface area contributed by atoms with Gasteiger partial charge in [-0.3, -0.25) is 10.2 Å². The summed E-state index contributed by atoms with van der Waals surface area (Å²) in [5, 5.41) is 13.2. The number of amides is 2. The zero-order valence-corrected chi connectivity index (χ0v) is 25.4. The minimum atomic E-state index is -0.306. The molecule has 222 valence electrons. The van der Waals surface area contributed by atoms with Crippen LogP contribution >= 0.6 is 0 Å². The van der Waals surface area contributed by atoms with Gasteiger partial charge in [-0.05, 0) is 55.5 Å². The second kappa shape index (κ2) is 13.1. The molecule has 2 amide bonds. The van der Waals surface area contributed by atoms with Crippen LogP contribution in [0.1, 0.15) is 44.0 Å². The third-order valence-electron chi connectivity index (χ3n) is 7.76. The number of ether oxygens (including phenoxy) is 2. The molecule has 2 N–H and O–H groups in total. The molecule has 0 radical (unpaired) electrons. The SMILES string of the molecule is COCC1CN(CCCc2ccc(NC(=O)Nc3cc(C(C)(C)C)nn3-c3ccc(C)cc3)c3ccccc23)CCO1. The second-order valence-electron chi connectivity index (χ2n) is 12.2. The van der Waals surface area contributed by atoms with Gasteiger partial charge < -0.3 is 14.8 Å². The zero-order chi connectivity index (χ0) is 29.7. The van der Waals surface area contributed by atoms with Gasteiger partial charge in [-0.25, -0.2) is 9.48 Å². The number of fused-ring (bicyclic) bond motifs is 1. The fraction of sp³-hybridized carbons (Fsp3) is 0.412. The maximum atomic E-state index is 13.3. The van der Waals surface area contributed by atoms with Crippen LogP contribution in [0.25, 0.3) is 16.5 Å². The van der Waals surface area contributed by atoms with Crippen LogP contribution in [0, 0.1) is 6.92 Å². The standard InChI is InChI=1S/C34H43N5O3/c1-24-12-15-26(16-13-24)39-32(21-31(37-39)34(2,3)4)36-33(40)35-30-17-14-25(28-10-6-7-11-29(28)30)9-8-18-38-19-20-42-27(22-38)23-41-5/h6-7,10-17,21,27H,8-9,18-20,22-23H2,1-5H3,(H2,35,36,40). The number of anilines is 2. The van der Waals surface area contributed by atoms with Crippen molar-refractivity contribution in [2.45, 2.75) is 52.1 Å². The number of hydrogen-bond acceptors (Lipinski definition) is 5. The van der Waals surface area contributed by atoms with Crippen LogP contribution in [0.15, 0.2) is 66.7 Å². The van der Waals surface area contributed by atoms with E-state index in [1.54, 1.807) is 11.8 Å². The van der Waals surface area contributed by atoms with Gasteiger partial charge in [0, 0.05) is 37.1 Å². The Morgan fingerprint density at radius 1 is 1.05 bits per heavy atom. The van der Waals surface area contributed by atoms with Gasteiger partial charge in [0.15, 0.2) is 0 Å². The van der Waals surface area contributed by atoms with E-state index in [1.165, 1.54) is 11.1 Å². The van der Waals surface area contributed by atoms with E-state index in [2.05, 4.69) is 67.5 Å². The van der Waals surface area contributed by atoms with E-state index < -0.39 is 0 Å². The van der Waals surface area contributed by atoms with Crippen molar-refractivity contribution in [2.75, 3.05) is 50.6 Å². The molecule has 1 aromatic heterocycles. The number of carbonyl (C=O) groups is 1. The summed E-state index contributed by atoms with van der Waals surface area (Å²) in [4.78, 5) is 15.8. The summed E-state index contributed by atoms with van der Waals surface area (Å²) in [6.45, 7) is 12.7. The van der Waals surface area contributed by atoms with E-state index >= 15 is 0 Å². The Hall–Kier alpha value is -3.72. The first-order valence-corrected chi connectivity index (χ1v) is 14.8. The number of urea groups is 1. The summed E-state index contributed by atoms with van der Waals surface area (Å²) in [5.74, 6) is 0.623. The molecule has 0 saturated carbocycles. The van der Waals surface area contributed by atoms with Gasteiger partial charge in [-0.15, -0.1) is 0 Å². The maximum absolute atomic E-state index is 13.3. The zero-order valence-electron chi connectivity index (χ0n) is 25.4. The highest BCUT2D eigenvalue weighted by molar-refractivity contribution is 6.06. The molecule has 8 heteroatoms. The summed E-state index contributed by atoms with van der Waals surface area (Å²) < 4.78 is 12.9. The number of methoxy groups -OCH3 is 1. The first kappa shape index (κ1) is 29.8. The van der Waals surface area contributed by atoms with Crippen LogP contribution < -0.4 is 10.6 Å². The van der Waals surface area contributed by atoms with Gasteiger partial charge in [-0.2, -0.15) is 5.10 Å². The van der Waals surface area contributed by atoms with Crippen molar-refractivity contribution in [3.63, 3.8) is 0 Å². The van der Waals surface area contributed by atoms with Crippen molar-refractivity contribution < 1.29 is 14.3 Å². The number of hydrogen-bond donors (Lipinski definition) is 2. The fourth-order valence-electron chi connectivity index (χ4n) is 5.44. The molecular weight excluding hydrogens is 526 g/mol. The number of nitrogens with zero attached hydrogens (tertiary/aromatic N) is 3. The monoisotopic (exact) mass is 569 g/mol. The molecule has 1 atom stereocenters. The maximum Gasteiger partial charge on any atom is 0.324 e. The molecule has 1 fully saturated rings. The number of aromatic nitrogens is 2. The molecule has 0 spiro atoms. The van der Waals surface area contributed by atoms with Crippen molar-refractivity contribution in [3.05, 3.63) is 83.6 Å². The van der Waals surface area contributed by atoms with Crippen LogP contribution in [0.5, 0.6) is 0 Å². The van der Waals surface area contributed by atoms with E-state index in [4.69, 9.17) is 14.6 Å². The lowest BCUT2D eigenvalue weighted by atomic mass is 9.92. The average molecular weight is 570 g/mol. The number of carbonyl (C=O) groups excluding carboxylic acids is 1. The molecule has 2 heterocycles. The molecule has 0 aliphatic carbocycles. The smallest absolute Gasteiger partial charge is 0.324 e. The Labute approximate surface area is 249 Å². The van der Waals surface area contributed by atoms with Gasteiger partial charge in [0.05, 0.1) is 36.4 Å². The molecule has 3 aromatic carbocycles. The topological polar surface area (TPSA) is 80.7 Å². The van der Waals surface area contributed by atoms with Gasteiger partial charge in [0.25, 0.3) is 0 Å². The summed E-state index contributed by atoms with van der Waals surface area (Å²) in [6, 6.07) is 22.2. The van der Waals surface area contributed by atoms with Crippen molar-refractivity contribution in [2.24, 2.45) is 0 Å². The number of morpholine rings is 1. The molecule has 1 aliphatic heterocycles. The summed E-state index contributed by atoms with van der Waals surface area (Å²) in [7, 11) is 1.72. The van der Waals surface area contributed by atoms with Crippen molar-refractivity contribution >= 4 is 28.3 Å². The number of nitrogens with one attached hydrogen (secondary N) is 2. The largest absolute Gasteiger partial charge is 0.382 e.